The van der Waals surface area contributed by atoms with Crippen LogP contribution < -0.4 is 10.2 Å². The molecule has 0 saturated carbocycles. The number of hydroxylamine groups is 1. The first-order chi connectivity index (χ1) is 13.2. The Labute approximate surface area is 157 Å². The van der Waals surface area contributed by atoms with Gasteiger partial charge in [0.25, 0.3) is 5.91 Å². The standard InChI is InChI=1S/C20H22N2O5/c23-11-4-12-26-17-9-7-16(8-10-17)18-21-20(14-27-18,19(24)22-25)13-15-5-2-1-3-6-15/h1-3,5-10,23,25H,4,11-14H2,(H,22,24)/t20-/m0/s1. The Balaban J connectivity index is 1.79. The number of nitrogens with zero attached hydrogens (tertiary/aromatic N) is 1. The smallest absolute Gasteiger partial charge is 0.275 e. The van der Waals surface area contributed by atoms with Gasteiger partial charge in [-0.1, -0.05) is 30.3 Å². The fourth-order valence-electron chi connectivity index (χ4n) is 2.87. The summed E-state index contributed by atoms with van der Waals surface area (Å²) in [5, 5.41) is 18.0. The van der Waals surface area contributed by atoms with Gasteiger partial charge in [-0.25, -0.2) is 10.5 Å². The molecule has 0 aliphatic carbocycles. The Morgan fingerprint density at radius 1 is 1.19 bits per heavy atom. The minimum absolute atomic E-state index is 0.0401. The van der Waals surface area contributed by atoms with Gasteiger partial charge < -0.3 is 14.6 Å². The van der Waals surface area contributed by atoms with E-state index in [0.717, 1.165) is 5.56 Å². The SMILES string of the molecule is O=C(NO)[C@]1(Cc2ccccc2)COC(c2ccc(OCCCO)cc2)=N1. The number of aliphatic imine (C=N–C) groups is 1. The van der Waals surface area contributed by atoms with Crippen LogP contribution in [0.5, 0.6) is 5.75 Å². The molecule has 0 bridgehead atoms. The molecule has 0 saturated heterocycles. The zero-order valence-corrected chi connectivity index (χ0v) is 14.8. The van der Waals surface area contributed by atoms with Gasteiger partial charge >= 0.3 is 0 Å². The lowest BCUT2D eigenvalue weighted by Crippen LogP contribution is -2.47. The molecule has 1 heterocycles. The van der Waals surface area contributed by atoms with Crippen LogP contribution in [0.25, 0.3) is 0 Å². The predicted molar refractivity (Wildman–Crippen MR) is 98.9 cm³/mol. The number of carbonyl (C=O) groups is 1. The number of carbonyl (C=O) groups excluding carboxylic acids is 1. The van der Waals surface area contributed by atoms with Crippen LogP contribution in [0.3, 0.4) is 0 Å². The Morgan fingerprint density at radius 2 is 1.93 bits per heavy atom. The summed E-state index contributed by atoms with van der Waals surface area (Å²) in [5.74, 6) is 0.413. The van der Waals surface area contributed by atoms with Gasteiger partial charge in [0.15, 0.2) is 5.54 Å². The Hall–Kier alpha value is -2.90. The summed E-state index contributed by atoms with van der Waals surface area (Å²) in [6.45, 7) is 0.557. The van der Waals surface area contributed by atoms with Crippen LogP contribution in [0.4, 0.5) is 0 Å². The van der Waals surface area contributed by atoms with Crippen molar-refractivity contribution in [3.63, 3.8) is 0 Å². The zero-order chi connectivity index (χ0) is 19.1. The summed E-state index contributed by atoms with van der Waals surface area (Å²) in [7, 11) is 0. The minimum atomic E-state index is -1.22. The molecule has 0 fully saturated rings. The molecule has 7 nitrogen and oxygen atoms in total. The highest BCUT2D eigenvalue weighted by molar-refractivity contribution is 6.00. The molecular weight excluding hydrogens is 348 g/mol. The van der Waals surface area contributed by atoms with Crippen molar-refractivity contribution in [3.05, 3.63) is 65.7 Å². The van der Waals surface area contributed by atoms with Crippen molar-refractivity contribution < 1.29 is 24.6 Å². The van der Waals surface area contributed by atoms with E-state index in [0.29, 0.717) is 36.7 Å². The van der Waals surface area contributed by atoms with Crippen molar-refractivity contribution in [3.8, 4) is 5.75 Å². The molecule has 0 aromatic heterocycles. The van der Waals surface area contributed by atoms with Crippen molar-refractivity contribution >= 4 is 11.8 Å². The van der Waals surface area contributed by atoms with E-state index in [1.54, 1.807) is 29.7 Å². The lowest BCUT2D eigenvalue weighted by Gasteiger charge is -2.21. The number of amides is 1. The maximum atomic E-state index is 12.3. The summed E-state index contributed by atoms with van der Waals surface area (Å²) in [4.78, 5) is 16.8. The second-order valence-corrected chi connectivity index (χ2v) is 6.29. The van der Waals surface area contributed by atoms with Gasteiger partial charge in [0.2, 0.25) is 5.90 Å². The van der Waals surface area contributed by atoms with Crippen LogP contribution in [-0.2, 0) is 16.0 Å². The Kier molecular flexibility index (Phi) is 6.05. The number of rotatable bonds is 8. The fraction of sp³-hybridized carbons (Fsp3) is 0.300. The number of hydrogen-bond donors (Lipinski definition) is 3. The highest BCUT2D eigenvalue weighted by atomic mass is 16.5. The molecule has 2 aromatic carbocycles. The largest absolute Gasteiger partial charge is 0.494 e. The maximum Gasteiger partial charge on any atom is 0.275 e. The van der Waals surface area contributed by atoms with Gasteiger partial charge in [-0.2, -0.15) is 0 Å². The third-order valence-corrected chi connectivity index (χ3v) is 4.30. The van der Waals surface area contributed by atoms with Gasteiger partial charge in [-0.15, -0.1) is 0 Å². The first-order valence-electron chi connectivity index (χ1n) is 8.72. The molecule has 7 heteroatoms. The van der Waals surface area contributed by atoms with Gasteiger partial charge in [-0.05, 0) is 29.8 Å². The normalized spacial score (nSPS) is 18.5. The van der Waals surface area contributed by atoms with E-state index in [2.05, 4.69) is 4.99 Å². The van der Waals surface area contributed by atoms with E-state index in [-0.39, 0.29) is 13.2 Å². The average Bonchev–Trinajstić information content (AvgIpc) is 3.14. The lowest BCUT2D eigenvalue weighted by atomic mass is 9.92. The topological polar surface area (TPSA) is 100 Å². The number of ether oxygens (including phenoxy) is 2. The summed E-state index contributed by atoms with van der Waals surface area (Å²) < 4.78 is 11.2. The van der Waals surface area contributed by atoms with E-state index in [9.17, 15) is 10.0 Å². The molecule has 142 valence electrons. The molecule has 2 aromatic rings. The van der Waals surface area contributed by atoms with Crippen LogP contribution in [-0.4, -0.2) is 47.5 Å². The van der Waals surface area contributed by atoms with Crippen LogP contribution >= 0.6 is 0 Å². The molecule has 27 heavy (non-hydrogen) atoms. The molecule has 0 radical (unpaired) electrons. The third-order valence-electron chi connectivity index (χ3n) is 4.30. The van der Waals surface area contributed by atoms with E-state index >= 15 is 0 Å². The Morgan fingerprint density at radius 3 is 2.59 bits per heavy atom. The van der Waals surface area contributed by atoms with Gasteiger partial charge in [0.1, 0.15) is 12.4 Å². The number of aliphatic hydroxyl groups excluding tert-OH is 1. The van der Waals surface area contributed by atoms with Crippen molar-refractivity contribution in [2.45, 2.75) is 18.4 Å². The van der Waals surface area contributed by atoms with Gasteiger partial charge in [-0.3, -0.25) is 10.0 Å². The highest BCUT2D eigenvalue weighted by Crippen LogP contribution is 2.27. The first kappa shape index (κ1) is 18.9. The number of hydrogen-bond acceptors (Lipinski definition) is 6. The molecule has 3 rings (SSSR count). The van der Waals surface area contributed by atoms with Crippen molar-refractivity contribution in [1.29, 1.82) is 0 Å². The molecule has 1 atom stereocenters. The molecule has 0 unspecified atom stereocenters. The monoisotopic (exact) mass is 370 g/mol. The second kappa shape index (κ2) is 8.66. The Bertz CT molecular complexity index is 792. The molecule has 1 amide bonds. The predicted octanol–water partition coefficient (Wildman–Crippen LogP) is 1.71. The van der Waals surface area contributed by atoms with Gasteiger partial charge in [0, 0.05) is 25.0 Å². The maximum absolute atomic E-state index is 12.3. The number of aliphatic hydroxyl groups is 1. The second-order valence-electron chi connectivity index (χ2n) is 6.29. The summed E-state index contributed by atoms with van der Waals surface area (Å²) in [6.07, 6.45) is 0.877. The van der Waals surface area contributed by atoms with Crippen LogP contribution in [0.15, 0.2) is 59.6 Å². The minimum Gasteiger partial charge on any atom is -0.494 e. The van der Waals surface area contributed by atoms with Crippen molar-refractivity contribution in [1.82, 2.24) is 5.48 Å². The molecular formula is C20H22N2O5. The first-order valence-corrected chi connectivity index (χ1v) is 8.72. The molecule has 3 N–H and O–H groups in total. The van der Waals surface area contributed by atoms with Crippen LogP contribution in [0, 0.1) is 0 Å². The zero-order valence-electron chi connectivity index (χ0n) is 14.8. The van der Waals surface area contributed by atoms with Crippen molar-refractivity contribution in [2.24, 2.45) is 4.99 Å². The van der Waals surface area contributed by atoms with E-state index < -0.39 is 11.4 Å². The quantitative estimate of drug-likeness (QED) is 0.373. The van der Waals surface area contributed by atoms with E-state index in [1.165, 1.54) is 0 Å². The summed E-state index contributed by atoms with van der Waals surface area (Å²) in [6, 6.07) is 16.6. The molecule has 1 aliphatic rings. The lowest BCUT2D eigenvalue weighted by molar-refractivity contribution is -0.135. The average molecular weight is 370 g/mol. The van der Waals surface area contributed by atoms with Crippen LogP contribution in [0.2, 0.25) is 0 Å². The van der Waals surface area contributed by atoms with E-state index in [1.807, 2.05) is 30.3 Å². The van der Waals surface area contributed by atoms with Gasteiger partial charge in [0.05, 0.1) is 6.61 Å². The molecule has 0 spiro atoms. The van der Waals surface area contributed by atoms with Crippen LogP contribution in [0.1, 0.15) is 17.5 Å². The summed E-state index contributed by atoms with van der Waals surface area (Å²) in [5.41, 5.74) is 2.12. The van der Waals surface area contributed by atoms with E-state index in [4.69, 9.17) is 14.6 Å². The summed E-state index contributed by atoms with van der Waals surface area (Å²) >= 11 is 0. The number of benzene rings is 2. The molecule has 1 aliphatic heterocycles. The fourth-order valence-corrected chi connectivity index (χ4v) is 2.87. The third kappa shape index (κ3) is 4.45. The number of nitrogens with one attached hydrogen (secondary N) is 1. The van der Waals surface area contributed by atoms with Crippen molar-refractivity contribution in [2.75, 3.05) is 19.8 Å². The highest BCUT2D eigenvalue weighted by Gasteiger charge is 2.44.